The van der Waals surface area contributed by atoms with Crippen LogP contribution in [-0.4, -0.2) is 77.1 Å². The van der Waals surface area contributed by atoms with Gasteiger partial charge in [-0.1, -0.05) is 18.2 Å². The largest absolute Gasteiger partial charge is 0.383 e. The molecule has 2 aromatic carbocycles. The summed E-state index contributed by atoms with van der Waals surface area (Å²) in [6, 6.07) is 19.7. The Bertz CT molecular complexity index is 1400. The smallest absolute Gasteiger partial charge is 0.255 e. The number of pyridine rings is 1. The molecule has 8 nitrogen and oxygen atoms in total. The van der Waals surface area contributed by atoms with E-state index in [4.69, 9.17) is 9.72 Å². The second-order valence-corrected chi connectivity index (χ2v) is 10.2. The highest BCUT2D eigenvalue weighted by Gasteiger charge is 2.17. The topological polar surface area (TPSA) is 83.5 Å². The van der Waals surface area contributed by atoms with Gasteiger partial charge in [0.2, 0.25) is 0 Å². The standard InChI is InChI=1S/C32H36N6O2/c1-24-5-10-29(20-28(24)21-31-34-13-11-30(36-31)27-4-3-12-33-22-27)35-32(39)26-8-6-25(7-9-26)23-38-16-14-37(15-17-38)18-19-40-2/h3-13,20,22H,14-19,21,23H2,1-2H3,(H,35,39). The fraction of sp³-hybridized carbons (Fsp3) is 0.312. The monoisotopic (exact) mass is 536 g/mol. The third kappa shape index (κ3) is 7.35. The van der Waals surface area contributed by atoms with Gasteiger partial charge in [0.15, 0.2) is 0 Å². The molecule has 0 saturated carbocycles. The second-order valence-electron chi connectivity index (χ2n) is 10.2. The summed E-state index contributed by atoms with van der Waals surface area (Å²) in [7, 11) is 1.75. The van der Waals surface area contributed by atoms with Crippen molar-refractivity contribution in [2.75, 3.05) is 51.8 Å². The first-order valence-corrected chi connectivity index (χ1v) is 13.7. The lowest BCUT2D eigenvalue weighted by Crippen LogP contribution is -2.46. The number of hydrogen-bond donors (Lipinski definition) is 1. The molecule has 40 heavy (non-hydrogen) atoms. The van der Waals surface area contributed by atoms with Gasteiger partial charge in [-0.3, -0.25) is 19.6 Å². The van der Waals surface area contributed by atoms with E-state index in [0.717, 1.165) is 79.8 Å². The van der Waals surface area contributed by atoms with E-state index in [2.05, 4.69) is 44.1 Å². The predicted molar refractivity (Wildman–Crippen MR) is 157 cm³/mol. The highest BCUT2D eigenvalue weighted by atomic mass is 16.5. The Morgan fingerprint density at radius 3 is 2.52 bits per heavy atom. The van der Waals surface area contributed by atoms with Gasteiger partial charge in [0.1, 0.15) is 5.82 Å². The summed E-state index contributed by atoms with van der Waals surface area (Å²) in [5.41, 5.74) is 6.60. The molecule has 4 aromatic rings. The summed E-state index contributed by atoms with van der Waals surface area (Å²) in [6.45, 7) is 8.93. The van der Waals surface area contributed by atoms with E-state index in [1.54, 1.807) is 25.7 Å². The van der Waals surface area contributed by atoms with E-state index in [9.17, 15) is 4.79 Å². The lowest BCUT2D eigenvalue weighted by atomic mass is 10.0. The lowest BCUT2D eigenvalue weighted by molar-refractivity contribution is 0.0938. The molecule has 1 aliphatic heterocycles. The van der Waals surface area contributed by atoms with Crippen molar-refractivity contribution < 1.29 is 9.53 Å². The van der Waals surface area contributed by atoms with Crippen LogP contribution in [0, 0.1) is 6.92 Å². The third-order valence-electron chi connectivity index (χ3n) is 7.32. The summed E-state index contributed by atoms with van der Waals surface area (Å²) in [5.74, 6) is 0.600. The zero-order valence-electron chi connectivity index (χ0n) is 23.2. The lowest BCUT2D eigenvalue weighted by Gasteiger charge is -2.34. The molecule has 1 saturated heterocycles. The summed E-state index contributed by atoms with van der Waals surface area (Å²) >= 11 is 0. The van der Waals surface area contributed by atoms with Crippen LogP contribution in [-0.2, 0) is 17.7 Å². The van der Waals surface area contributed by atoms with Gasteiger partial charge in [-0.15, -0.1) is 0 Å². The van der Waals surface area contributed by atoms with Crippen molar-refractivity contribution in [2.45, 2.75) is 19.9 Å². The van der Waals surface area contributed by atoms with Gasteiger partial charge in [0, 0.05) is 88.2 Å². The fourth-order valence-electron chi connectivity index (χ4n) is 4.88. The Hall–Kier alpha value is -3.98. The van der Waals surface area contributed by atoms with Crippen LogP contribution >= 0.6 is 0 Å². The minimum atomic E-state index is -0.122. The summed E-state index contributed by atoms with van der Waals surface area (Å²) < 4.78 is 5.19. The molecule has 0 aliphatic carbocycles. The molecular weight excluding hydrogens is 500 g/mol. The number of rotatable bonds is 10. The Balaban J connectivity index is 1.18. The number of carbonyl (C=O) groups excluding carboxylic acids is 1. The number of hydrogen-bond acceptors (Lipinski definition) is 7. The minimum absolute atomic E-state index is 0.122. The molecule has 0 radical (unpaired) electrons. The van der Waals surface area contributed by atoms with Crippen molar-refractivity contribution in [2.24, 2.45) is 0 Å². The highest BCUT2D eigenvalue weighted by Crippen LogP contribution is 2.21. The third-order valence-corrected chi connectivity index (χ3v) is 7.32. The van der Waals surface area contributed by atoms with E-state index in [1.165, 1.54) is 5.56 Å². The van der Waals surface area contributed by atoms with Gasteiger partial charge < -0.3 is 10.1 Å². The van der Waals surface area contributed by atoms with E-state index < -0.39 is 0 Å². The first-order chi connectivity index (χ1) is 19.6. The van der Waals surface area contributed by atoms with Crippen molar-refractivity contribution in [1.29, 1.82) is 0 Å². The van der Waals surface area contributed by atoms with Crippen LogP contribution in [0.15, 0.2) is 79.3 Å². The van der Waals surface area contributed by atoms with Crippen molar-refractivity contribution in [3.05, 3.63) is 107 Å². The SMILES string of the molecule is COCCN1CCN(Cc2ccc(C(=O)Nc3ccc(C)c(Cc4nccc(-c5cccnc5)n4)c3)cc2)CC1. The highest BCUT2D eigenvalue weighted by molar-refractivity contribution is 6.04. The molecule has 2 aromatic heterocycles. The van der Waals surface area contributed by atoms with E-state index in [-0.39, 0.29) is 5.91 Å². The maximum absolute atomic E-state index is 13.0. The number of amides is 1. The molecule has 1 N–H and O–H groups in total. The van der Waals surface area contributed by atoms with Crippen LogP contribution in [0.1, 0.15) is 32.9 Å². The number of nitrogens with zero attached hydrogens (tertiary/aromatic N) is 5. The molecule has 5 rings (SSSR count). The number of piperazine rings is 1. The number of ether oxygens (including phenoxy) is 1. The summed E-state index contributed by atoms with van der Waals surface area (Å²) in [5, 5.41) is 3.06. The van der Waals surface area contributed by atoms with E-state index >= 15 is 0 Å². The average molecular weight is 537 g/mol. The molecule has 8 heteroatoms. The van der Waals surface area contributed by atoms with Crippen molar-refractivity contribution in [3.63, 3.8) is 0 Å². The van der Waals surface area contributed by atoms with E-state index in [1.807, 2.05) is 48.5 Å². The first kappa shape index (κ1) is 27.6. The predicted octanol–water partition coefficient (Wildman–Crippen LogP) is 4.45. The van der Waals surface area contributed by atoms with Gasteiger partial charge in [-0.05, 0) is 66.1 Å². The molecular formula is C32H36N6O2. The normalized spacial score (nSPS) is 14.2. The van der Waals surface area contributed by atoms with Gasteiger partial charge in [-0.25, -0.2) is 9.97 Å². The van der Waals surface area contributed by atoms with Crippen LogP contribution in [0.3, 0.4) is 0 Å². The summed E-state index contributed by atoms with van der Waals surface area (Å²) in [4.78, 5) is 31.3. The Kier molecular flexibility index (Phi) is 9.23. The number of benzene rings is 2. The number of aromatic nitrogens is 3. The number of methoxy groups -OCH3 is 1. The maximum atomic E-state index is 13.0. The van der Waals surface area contributed by atoms with Gasteiger partial charge >= 0.3 is 0 Å². The number of carbonyl (C=O) groups is 1. The maximum Gasteiger partial charge on any atom is 0.255 e. The number of anilines is 1. The average Bonchev–Trinajstić information content (AvgIpc) is 2.99. The quantitative estimate of drug-likeness (QED) is 0.321. The molecule has 3 heterocycles. The number of nitrogens with one attached hydrogen (secondary N) is 1. The molecule has 0 atom stereocenters. The molecule has 0 spiro atoms. The molecule has 1 amide bonds. The van der Waals surface area contributed by atoms with Crippen LogP contribution in [0.2, 0.25) is 0 Å². The fourth-order valence-corrected chi connectivity index (χ4v) is 4.88. The van der Waals surface area contributed by atoms with Crippen molar-refractivity contribution in [1.82, 2.24) is 24.8 Å². The minimum Gasteiger partial charge on any atom is -0.383 e. The van der Waals surface area contributed by atoms with Crippen molar-refractivity contribution >= 4 is 11.6 Å². The molecule has 206 valence electrons. The zero-order valence-corrected chi connectivity index (χ0v) is 23.2. The second kappa shape index (κ2) is 13.4. The molecule has 1 fully saturated rings. The van der Waals surface area contributed by atoms with Crippen LogP contribution in [0.4, 0.5) is 5.69 Å². The van der Waals surface area contributed by atoms with Gasteiger partial charge in [-0.2, -0.15) is 0 Å². The Labute approximate surface area is 236 Å². The Morgan fingerprint density at radius 2 is 1.77 bits per heavy atom. The molecule has 0 unspecified atom stereocenters. The number of aryl methyl sites for hydroxylation is 1. The molecule has 1 aliphatic rings. The van der Waals surface area contributed by atoms with Crippen LogP contribution < -0.4 is 5.32 Å². The van der Waals surface area contributed by atoms with Gasteiger partial charge in [0.25, 0.3) is 5.91 Å². The first-order valence-electron chi connectivity index (χ1n) is 13.7. The summed E-state index contributed by atoms with van der Waals surface area (Å²) in [6.07, 6.45) is 5.89. The van der Waals surface area contributed by atoms with Crippen molar-refractivity contribution in [3.8, 4) is 11.3 Å². The van der Waals surface area contributed by atoms with Crippen LogP contribution in [0.25, 0.3) is 11.3 Å². The van der Waals surface area contributed by atoms with E-state index in [0.29, 0.717) is 12.0 Å². The molecule has 0 bridgehead atoms. The van der Waals surface area contributed by atoms with Crippen LogP contribution in [0.5, 0.6) is 0 Å². The van der Waals surface area contributed by atoms with Gasteiger partial charge in [0.05, 0.1) is 12.3 Å². The Morgan fingerprint density at radius 1 is 0.975 bits per heavy atom. The zero-order chi connectivity index (χ0) is 27.7.